The summed E-state index contributed by atoms with van der Waals surface area (Å²) in [4.78, 5) is 22.6. The van der Waals surface area contributed by atoms with Gasteiger partial charge in [0.1, 0.15) is 16.9 Å². The van der Waals surface area contributed by atoms with Crippen LogP contribution in [0.4, 0.5) is 5.82 Å². The predicted molar refractivity (Wildman–Crippen MR) is 138 cm³/mol. The summed E-state index contributed by atoms with van der Waals surface area (Å²) >= 11 is 0. The average Bonchev–Trinajstić information content (AvgIpc) is 3.15. The largest absolute Gasteiger partial charge is 0.493 e. The number of para-hydroxylation sites is 2. The Balaban J connectivity index is 1.75. The molecule has 0 saturated carbocycles. The van der Waals surface area contributed by atoms with Gasteiger partial charge in [0, 0.05) is 6.54 Å². The van der Waals surface area contributed by atoms with Gasteiger partial charge in [-0.15, -0.1) is 0 Å². The number of nitrogens with zero attached hydrogens (tertiary/aromatic N) is 4. The molecule has 0 aliphatic heterocycles. The van der Waals surface area contributed by atoms with Crippen molar-refractivity contribution < 1.29 is 14.3 Å². The summed E-state index contributed by atoms with van der Waals surface area (Å²) in [6.45, 7) is 2.72. The SMILES string of the molecule is CCCCCCNC(=O)c1c(N)n(/N=C\c2ccc(OC)c(OC)c2)c2nc3ccccc3nc12. The second-order valence-corrected chi connectivity index (χ2v) is 8.13. The van der Waals surface area contributed by atoms with Gasteiger partial charge in [-0.2, -0.15) is 9.78 Å². The van der Waals surface area contributed by atoms with Crippen LogP contribution in [-0.2, 0) is 0 Å². The van der Waals surface area contributed by atoms with Crippen LogP contribution in [0.5, 0.6) is 11.5 Å². The van der Waals surface area contributed by atoms with Crippen molar-refractivity contribution in [2.75, 3.05) is 26.5 Å². The van der Waals surface area contributed by atoms with E-state index >= 15 is 0 Å². The molecule has 0 aliphatic carbocycles. The van der Waals surface area contributed by atoms with E-state index in [1.54, 1.807) is 32.6 Å². The third-order valence-electron chi connectivity index (χ3n) is 5.75. The van der Waals surface area contributed by atoms with Gasteiger partial charge in [0.05, 0.1) is 31.5 Å². The molecule has 0 saturated heterocycles. The van der Waals surface area contributed by atoms with E-state index in [0.29, 0.717) is 40.2 Å². The molecule has 9 heteroatoms. The van der Waals surface area contributed by atoms with Crippen molar-refractivity contribution in [3.63, 3.8) is 0 Å². The van der Waals surface area contributed by atoms with Crippen LogP contribution < -0.4 is 20.5 Å². The standard InChI is InChI=1S/C26H30N6O3/c1-4-5-6-9-14-28-26(33)22-23-25(31-19-11-8-7-10-18(19)30-23)32(24(22)27)29-16-17-12-13-20(34-2)21(15-17)35-3/h7-8,10-13,15-16H,4-6,9,14,27H2,1-3H3,(H,28,33)/b29-16-. The number of ether oxygens (including phenoxy) is 2. The molecule has 0 fully saturated rings. The highest BCUT2D eigenvalue weighted by molar-refractivity contribution is 6.10. The van der Waals surface area contributed by atoms with Crippen molar-refractivity contribution in [1.82, 2.24) is 20.0 Å². The number of unbranched alkanes of at least 4 members (excludes halogenated alkanes) is 3. The molecule has 0 atom stereocenters. The normalized spacial score (nSPS) is 11.4. The van der Waals surface area contributed by atoms with E-state index in [9.17, 15) is 4.79 Å². The number of carbonyl (C=O) groups is 1. The Labute approximate surface area is 204 Å². The quantitative estimate of drug-likeness (QED) is 0.260. The van der Waals surface area contributed by atoms with Crippen molar-refractivity contribution in [2.24, 2.45) is 5.10 Å². The Bertz CT molecular complexity index is 1380. The summed E-state index contributed by atoms with van der Waals surface area (Å²) in [5.74, 6) is 1.09. The Kier molecular flexibility index (Phi) is 7.45. The minimum Gasteiger partial charge on any atom is -0.493 e. The van der Waals surface area contributed by atoms with Crippen molar-refractivity contribution in [3.05, 3.63) is 53.6 Å². The zero-order valence-corrected chi connectivity index (χ0v) is 20.2. The molecule has 0 bridgehead atoms. The number of amides is 1. The van der Waals surface area contributed by atoms with E-state index in [-0.39, 0.29) is 17.3 Å². The van der Waals surface area contributed by atoms with E-state index in [1.807, 2.05) is 30.3 Å². The number of carbonyl (C=O) groups excluding carboxylic acids is 1. The third kappa shape index (κ3) is 5.03. The number of rotatable bonds is 10. The van der Waals surface area contributed by atoms with E-state index in [0.717, 1.165) is 31.2 Å². The van der Waals surface area contributed by atoms with Gasteiger partial charge in [-0.3, -0.25) is 4.79 Å². The predicted octanol–water partition coefficient (Wildman–Crippen LogP) is 4.38. The number of nitrogens with two attached hydrogens (primary N) is 1. The zero-order chi connectivity index (χ0) is 24.8. The lowest BCUT2D eigenvalue weighted by atomic mass is 10.2. The van der Waals surface area contributed by atoms with Gasteiger partial charge in [0.15, 0.2) is 17.1 Å². The van der Waals surface area contributed by atoms with Crippen molar-refractivity contribution in [2.45, 2.75) is 32.6 Å². The summed E-state index contributed by atoms with van der Waals surface area (Å²) in [5, 5.41) is 7.52. The average molecular weight is 475 g/mol. The molecule has 2 aromatic heterocycles. The first kappa shape index (κ1) is 24.0. The second-order valence-electron chi connectivity index (χ2n) is 8.13. The van der Waals surface area contributed by atoms with E-state index in [4.69, 9.17) is 25.2 Å². The van der Waals surface area contributed by atoms with Crippen molar-refractivity contribution in [1.29, 1.82) is 0 Å². The first-order valence-electron chi connectivity index (χ1n) is 11.7. The summed E-state index contributed by atoms with van der Waals surface area (Å²) in [6, 6.07) is 12.9. The molecule has 182 valence electrons. The maximum atomic E-state index is 13.1. The number of methoxy groups -OCH3 is 2. The minimum atomic E-state index is -0.284. The number of nitrogen functional groups attached to an aromatic ring is 1. The molecule has 0 aliphatic rings. The number of nitrogens with one attached hydrogen (secondary N) is 1. The molecule has 0 radical (unpaired) electrons. The maximum Gasteiger partial charge on any atom is 0.257 e. The summed E-state index contributed by atoms with van der Waals surface area (Å²) < 4.78 is 12.1. The van der Waals surface area contributed by atoms with Gasteiger partial charge in [-0.1, -0.05) is 38.3 Å². The van der Waals surface area contributed by atoms with Crippen LogP contribution >= 0.6 is 0 Å². The first-order valence-corrected chi connectivity index (χ1v) is 11.7. The molecule has 9 nitrogen and oxygen atoms in total. The Hall–Kier alpha value is -4.14. The number of aromatic nitrogens is 3. The molecule has 0 spiro atoms. The van der Waals surface area contributed by atoms with Gasteiger partial charge in [0.25, 0.3) is 5.91 Å². The fourth-order valence-corrected chi connectivity index (χ4v) is 3.89. The number of benzene rings is 2. The van der Waals surface area contributed by atoms with Gasteiger partial charge in [0.2, 0.25) is 0 Å². The highest BCUT2D eigenvalue weighted by Crippen LogP contribution is 2.29. The fourth-order valence-electron chi connectivity index (χ4n) is 3.89. The van der Waals surface area contributed by atoms with Crippen LogP contribution in [0, 0.1) is 0 Å². The van der Waals surface area contributed by atoms with Crippen molar-refractivity contribution >= 4 is 40.1 Å². The lowest BCUT2D eigenvalue weighted by molar-refractivity contribution is 0.0955. The summed E-state index contributed by atoms with van der Waals surface area (Å²) in [7, 11) is 3.15. The molecule has 0 unspecified atom stereocenters. The lowest BCUT2D eigenvalue weighted by Gasteiger charge is -2.07. The van der Waals surface area contributed by atoms with Crippen LogP contribution in [0.1, 0.15) is 48.5 Å². The van der Waals surface area contributed by atoms with Crippen LogP contribution in [0.25, 0.3) is 22.2 Å². The number of fused-ring (bicyclic) bond motifs is 2. The van der Waals surface area contributed by atoms with Crippen LogP contribution in [0.15, 0.2) is 47.6 Å². The Morgan fingerprint density at radius 3 is 2.51 bits per heavy atom. The molecule has 2 heterocycles. The molecule has 3 N–H and O–H groups in total. The highest BCUT2D eigenvalue weighted by atomic mass is 16.5. The zero-order valence-electron chi connectivity index (χ0n) is 20.2. The number of hydrogen-bond donors (Lipinski definition) is 2. The molecule has 2 aromatic carbocycles. The summed E-state index contributed by atoms with van der Waals surface area (Å²) in [5.41, 5.74) is 9.69. The molecule has 35 heavy (non-hydrogen) atoms. The minimum absolute atomic E-state index is 0.179. The third-order valence-corrected chi connectivity index (χ3v) is 5.75. The smallest absolute Gasteiger partial charge is 0.257 e. The van der Waals surface area contributed by atoms with Gasteiger partial charge in [-0.05, 0) is 42.3 Å². The Morgan fingerprint density at radius 2 is 1.80 bits per heavy atom. The number of anilines is 1. The van der Waals surface area contributed by atoms with E-state index in [1.165, 1.54) is 4.68 Å². The fraction of sp³-hybridized carbons (Fsp3) is 0.308. The van der Waals surface area contributed by atoms with E-state index < -0.39 is 0 Å². The molecular weight excluding hydrogens is 444 g/mol. The number of hydrogen-bond acceptors (Lipinski definition) is 7. The maximum absolute atomic E-state index is 13.1. The van der Waals surface area contributed by atoms with Gasteiger partial charge >= 0.3 is 0 Å². The Morgan fingerprint density at radius 1 is 1.06 bits per heavy atom. The second kappa shape index (κ2) is 10.9. The molecule has 1 amide bonds. The van der Waals surface area contributed by atoms with Gasteiger partial charge < -0.3 is 20.5 Å². The van der Waals surface area contributed by atoms with E-state index in [2.05, 4.69) is 17.3 Å². The topological polar surface area (TPSA) is 117 Å². The van der Waals surface area contributed by atoms with Gasteiger partial charge in [-0.25, -0.2) is 9.97 Å². The van der Waals surface area contributed by atoms with Crippen LogP contribution in [0.3, 0.4) is 0 Å². The lowest BCUT2D eigenvalue weighted by Crippen LogP contribution is -2.25. The highest BCUT2D eigenvalue weighted by Gasteiger charge is 2.23. The first-order chi connectivity index (χ1) is 17.1. The summed E-state index contributed by atoms with van der Waals surface area (Å²) in [6.07, 6.45) is 5.87. The molecule has 4 rings (SSSR count). The van der Waals surface area contributed by atoms with Crippen molar-refractivity contribution in [3.8, 4) is 11.5 Å². The van der Waals surface area contributed by atoms with Crippen LogP contribution in [0.2, 0.25) is 0 Å². The molecular formula is C26H30N6O3. The monoisotopic (exact) mass is 474 g/mol. The molecule has 4 aromatic rings. The van der Waals surface area contributed by atoms with Crippen LogP contribution in [-0.4, -0.2) is 47.5 Å².